The average molecular weight is 306 g/mol. The van der Waals surface area contributed by atoms with Crippen LogP contribution in [0, 0.1) is 25.2 Å². The molecule has 2 nitrogen and oxygen atoms in total. The molecule has 0 aliphatic rings. The number of halogens is 2. The van der Waals surface area contributed by atoms with Crippen molar-refractivity contribution in [2.24, 2.45) is 0 Å². The van der Waals surface area contributed by atoms with Gasteiger partial charge in [0.25, 0.3) is 0 Å². The van der Waals surface area contributed by atoms with Crippen molar-refractivity contribution in [2.75, 3.05) is 0 Å². The summed E-state index contributed by atoms with van der Waals surface area (Å²) in [6.07, 6.45) is 0. The Kier molecular flexibility index (Phi) is 4.54. The van der Waals surface area contributed by atoms with Crippen molar-refractivity contribution in [3.8, 4) is 17.6 Å². The van der Waals surface area contributed by atoms with Crippen LogP contribution in [0.1, 0.15) is 22.3 Å². The van der Waals surface area contributed by atoms with Crippen LogP contribution in [0.15, 0.2) is 30.3 Å². The second-order valence-electron chi connectivity index (χ2n) is 4.55. The minimum atomic E-state index is 0.369. The molecule has 0 heterocycles. The molecule has 0 atom stereocenters. The maximum absolute atomic E-state index is 9.20. The first-order valence-electron chi connectivity index (χ1n) is 6.08. The Balaban J connectivity index is 2.43. The third-order valence-corrected chi connectivity index (χ3v) is 3.48. The molecular formula is C16H13Cl2NO. The van der Waals surface area contributed by atoms with Gasteiger partial charge >= 0.3 is 0 Å². The summed E-state index contributed by atoms with van der Waals surface area (Å²) < 4.78 is 5.89. The lowest BCUT2D eigenvalue weighted by molar-refractivity contribution is 0.473. The Morgan fingerprint density at radius 2 is 1.80 bits per heavy atom. The van der Waals surface area contributed by atoms with E-state index in [1.165, 1.54) is 0 Å². The molecule has 20 heavy (non-hydrogen) atoms. The molecule has 0 radical (unpaired) electrons. The number of hydrogen-bond donors (Lipinski definition) is 0. The summed E-state index contributed by atoms with van der Waals surface area (Å²) in [5.41, 5.74) is 3.22. The molecule has 0 aromatic heterocycles. The molecule has 0 spiro atoms. The Labute approximate surface area is 128 Å². The first-order valence-corrected chi connectivity index (χ1v) is 7.00. The highest BCUT2D eigenvalue weighted by Crippen LogP contribution is 2.33. The highest BCUT2D eigenvalue weighted by Gasteiger charge is 2.11. The van der Waals surface area contributed by atoms with Crippen molar-refractivity contribution in [2.45, 2.75) is 19.7 Å². The van der Waals surface area contributed by atoms with E-state index in [-0.39, 0.29) is 0 Å². The molecule has 0 aliphatic carbocycles. The summed E-state index contributed by atoms with van der Waals surface area (Å²) in [5, 5.41) is 9.88. The molecule has 2 aromatic carbocycles. The molecule has 2 aromatic rings. The molecule has 2 rings (SSSR count). The number of benzene rings is 2. The van der Waals surface area contributed by atoms with E-state index in [2.05, 4.69) is 6.07 Å². The van der Waals surface area contributed by atoms with Gasteiger partial charge in [0.15, 0.2) is 0 Å². The van der Waals surface area contributed by atoms with Crippen LogP contribution in [0.5, 0.6) is 11.5 Å². The summed E-state index contributed by atoms with van der Waals surface area (Å²) in [5.74, 6) is 1.62. The molecule has 0 saturated carbocycles. The smallest absolute Gasteiger partial charge is 0.145 e. The van der Waals surface area contributed by atoms with E-state index in [0.29, 0.717) is 22.2 Å². The van der Waals surface area contributed by atoms with Crippen molar-refractivity contribution in [3.63, 3.8) is 0 Å². The second kappa shape index (κ2) is 6.17. The van der Waals surface area contributed by atoms with E-state index >= 15 is 0 Å². The van der Waals surface area contributed by atoms with Crippen LogP contribution in [-0.4, -0.2) is 0 Å². The molecule has 102 valence electrons. The van der Waals surface area contributed by atoms with E-state index in [0.717, 1.165) is 22.4 Å². The van der Waals surface area contributed by atoms with Gasteiger partial charge in [-0.2, -0.15) is 5.26 Å². The minimum Gasteiger partial charge on any atom is -0.455 e. The van der Waals surface area contributed by atoms with Crippen molar-refractivity contribution in [1.82, 2.24) is 0 Å². The number of rotatable bonds is 3. The highest BCUT2D eigenvalue weighted by molar-refractivity contribution is 6.30. The van der Waals surface area contributed by atoms with Crippen molar-refractivity contribution in [3.05, 3.63) is 57.6 Å². The van der Waals surface area contributed by atoms with Gasteiger partial charge in [-0.15, -0.1) is 11.6 Å². The fourth-order valence-electron chi connectivity index (χ4n) is 2.01. The van der Waals surface area contributed by atoms with E-state index in [1.807, 2.05) is 32.0 Å². The highest BCUT2D eigenvalue weighted by atomic mass is 35.5. The molecule has 0 fully saturated rings. The molecule has 0 saturated heterocycles. The molecule has 0 unspecified atom stereocenters. The van der Waals surface area contributed by atoms with Crippen LogP contribution >= 0.6 is 23.2 Å². The summed E-state index contributed by atoms with van der Waals surface area (Å²) in [6.45, 7) is 3.85. The number of hydrogen-bond acceptors (Lipinski definition) is 2. The number of aryl methyl sites for hydroxylation is 2. The van der Waals surface area contributed by atoms with Crippen molar-refractivity contribution in [1.29, 1.82) is 5.26 Å². The van der Waals surface area contributed by atoms with Gasteiger partial charge in [0.1, 0.15) is 17.6 Å². The predicted octanol–water partition coefficient (Wildman–Crippen LogP) is 5.36. The van der Waals surface area contributed by atoms with E-state index in [4.69, 9.17) is 27.9 Å². The van der Waals surface area contributed by atoms with Crippen LogP contribution in [0.4, 0.5) is 0 Å². The zero-order valence-electron chi connectivity index (χ0n) is 11.2. The third kappa shape index (κ3) is 3.07. The van der Waals surface area contributed by atoms with E-state index in [9.17, 15) is 5.26 Å². The maximum atomic E-state index is 9.20. The molecule has 0 aliphatic heterocycles. The molecule has 0 bridgehead atoms. The van der Waals surface area contributed by atoms with Crippen LogP contribution in [0.3, 0.4) is 0 Å². The lowest BCUT2D eigenvalue weighted by atomic mass is 10.1. The normalized spacial score (nSPS) is 10.2. The van der Waals surface area contributed by atoms with Gasteiger partial charge in [0.2, 0.25) is 0 Å². The fraction of sp³-hybridized carbons (Fsp3) is 0.188. The van der Waals surface area contributed by atoms with Gasteiger partial charge in [-0.25, -0.2) is 0 Å². The average Bonchev–Trinajstić information content (AvgIpc) is 2.42. The molecule has 4 heteroatoms. The van der Waals surface area contributed by atoms with Gasteiger partial charge in [-0.3, -0.25) is 0 Å². The van der Waals surface area contributed by atoms with Gasteiger partial charge in [-0.05, 0) is 54.8 Å². The second-order valence-corrected chi connectivity index (χ2v) is 5.25. The van der Waals surface area contributed by atoms with Gasteiger partial charge < -0.3 is 4.74 Å². The largest absolute Gasteiger partial charge is 0.455 e. The third-order valence-electron chi connectivity index (χ3n) is 2.96. The van der Waals surface area contributed by atoms with Gasteiger partial charge in [-0.1, -0.05) is 17.7 Å². The Morgan fingerprint density at radius 3 is 2.35 bits per heavy atom. The molecule has 0 N–H and O–H groups in total. The van der Waals surface area contributed by atoms with Crippen molar-refractivity contribution >= 4 is 23.2 Å². The first kappa shape index (κ1) is 14.7. The first-order chi connectivity index (χ1) is 9.55. The zero-order valence-corrected chi connectivity index (χ0v) is 12.7. The number of nitriles is 1. The standard InChI is InChI=1S/C16H13Cl2NO/c1-10-5-14(18)6-11(2)16(10)20-15-4-3-12(8-17)7-13(15)9-19/h3-7H,8H2,1-2H3. The molecule has 0 amide bonds. The SMILES string of the molecule is Cc1cc(Cl)cc(C)c1Oc1ccc(CCl)cc1C#N. The lowest BCUT2D eigenvalue weighted by Gasteiger charge is -2.13. The topological polar surface area (TPSA) is 33.0 Å². The van der Waals surface area contributed by atoms with E-state index < -0.39 is 0 Å². The summed E-state index contributed by atoms with van der Waals surface area (Å²) in [6, 6.07) is 11.2. The van der Waals surface area contributed by atoms with Gasteiger partial charge in [0, 0.05) is 10.9 Å². The van der Waals surface area contributed by atoms with Crippen LogP contribution in [0.25, 0.3) is 0 Å². The predicted molar refractivity (Wildman–Crippen MR) is 81.7 cm³/mol. The number of nitrogens with zero attached hydrogens (tertiary/aromatic N) is 1. The van der Waals surface area contributed by atoms with Crippen LogP contribution in [0.2, 0.25) is 5.02 Å². The van der Waals surface area contributed by atoms with Crippen LogP contribution in [-0.2, 0) is 5.88 Å². The summed E-state index contributed by atoms with van der Waals surface area (Å²) >= 11 is 11.8. The maximum Gasteiger partial charge on any atom is 0.145 e. The number of ether oxygens (including phenoxy) is 1. The van der Waals surface area contributed by atoms with Crippen molar-refractivity contribution < 1.29 is 4.74 Å². The lowest BCUT2D eigenvalue weighted by Crippen LogP contribution is -1.94. The Hall–Kier alpha value is -1.69. The van der Waals surface area contributed by atoms with E-state index in [1.54, 1.807) is 12.1 Å². The minimum absolute atomic E-state index is 0.369. The van der Waals surface area contributed by atoms with Crippen LogP contribution < -0.4 is 4.74 Å². The van der Waals surface area contributed by atoms with Gasteiger partial charge in [0.05, 0.1) is 5.56 Å². The molecular weight excluding hydrogens is 293 g/mol. The summed E-state index contributed by atoms with van der Waals surface area (Å²) in [7, 11) is 0. The fourth-order valence-corrected chi connectivity index (χ4v) is 2.50. The quantitative estimate of drug-likeness (QED) is 0.715. The zero-order chi connectivity index (χ0) is 14.7. The monoisotopic (exact) mass is 305 g/mol. The number of alkyl halides is 1. The Bertz CT molecular complexity index is 666. The Morgan fingerprint density at radius 1 is 1.15 bits per heavy atom. The summed E-state index contributed by atoms with van der Waals surface area (Å²) in [4.78, 5) is 0.